The second kappa shape index (κ2) is 8.57. The molecule has 0 spiro atoms. The number of aliphatic hydroxyl groups is 1. The van der Waals surface area contributed by atoms with E-state index in [2.05, 4.69) is 38.7 Å². The van der Waals surface area contributed by atoms with Crippen LogP contribution in [0.25, 0.3) is 5.57 Å². The molecule has 0 amide bonds. The molecular formula is C23H26BrFN2O3. The van der Waals surface area contributed by atoms with Crippen LogP contribution in [-0.4, -0.2) is 55.6 Å². The minimum absolute atomic E-state index is 0.0157. The summed E-state index contributed by atoms with van der Waals surface area (Å²) in [6, 6.07) is 10.5. The van der Waals surface area contributed by atoms with Crippen LogP contribution < -0.4 is 14.4 Å². The lowest BCUT2D eigenvalue weighted by molar-refractivity contribution is -0.000225. The molecule has 160 valence electrons. The summed E-state index contributed by atoms with van der Waals surface area (Å²) in [5, 5.41) is 10.6. The van der Waals surface area contributed by atoms with E-state index in [0.29, 0.717) is 11.3 Å². The third-order valence-electron chi connectivity index (χ3n) is 6.10. The van der Waals surface area contributed by atoms with E-state index in [1.54, 1.807) is 13.2 Å². The number of allylic oxidation sites excluding steroid dienone is 1. The molecule has 0 bridgehead atoms. The molecule has 4 rings (SSSR count). The summed E-state index contributed by atoms with van der Waals surface area (Å²) < 4.78 is 25.8. The van der Waals surface area contributed by atoms with Gasteiger partial charge in [0.25, 0.3) is 0 Å². The van der Waals surface area contributed by atoms with Crippen molar-refractivity contribution in [1.29, 1.82) is 0 Å². The van der Waals surface area contributed by atoms with Gasteiger partial charge in [-0.25, -0.2) is 4.39 Å². The smallest absolute Gasteiger partial charge is 0.222 e. The summed E-state index contributed by atoms with van der Waals surface area (Å²) in [7, 11) is 1.67. The summed E-state index contributed by atoms with van der Waals surface area (Å²) in [6.07, 6.45) is -1.02. The first-order valence-electron chi connectivity index (χ1n) is 10.1. The predicted molar refractivity (Wildman–Crippen MR) is 120 cm³/mol. The number of anilines is 1. The molecule has 30 heavy (non-hydrogen) atoms. The molecule has 1 N–H and O–H groups in total. The highest BCUT2D eigenvalue weighted by atomic mass is 79.9. The van der Waals surface area contributed by atoms with E-state index in [0.717, 1.165) is 53.2 Å². The standard InChI is InChI=1S/C23H26BrFN2O3/c1-14-18-12-16(25)4-7-20(18)30-23(28)22(14)15(2)26-8-10-27(11-9-26)17-5-6-19(24)21(13-17)29-3/h4-7,12-13,15,23,28H,8-11H2,1-3H3/t15-,23-/m0/s1. The number of ether oxygens (including phenoxy) is 2. The van der Waals surface area contributed by atoms with E-state index in [4.69, 9.17) is 9.47 Å². The Balaban J connectivity index is 1.50. The fourth-order valence-corrected chi connectivity index (χ4v) is 4.76. The number of halogens is 2. The van der Waals surface area contributed by atoms with Crippen LogP contribution in [0, 0.1) is 5.82 Å². The van der Waals surface area contributed by atoms with Crippen molar-refractivity contribution in [3.63, 3.8) is 0 Å². The quantitative estimate of drug-likeness (QED) is 0.712. The van der Waals surface area contributed by atoms with Crippen molar-refractivity contribution in [3.05, 3.63) is 57.8 Å². The molecule has 2 aromatic carbocycles. The molecule has 2 heterocycles. The molecule has 2 aliphatic rings. The number of hydrogen-bond acceptors (Lipinski definition) is 5. The summed E-state index contributed by atoms with van der Waals surface area (Å²) in [5.74, 6) is 1.03. The van der Waals surface area contributed by atoms with Crippen LogP contribution in [0.4, 0.5) is 10.1 Å². The Morgan fingerprint density at radius 1 is 1.17 bits per heavy atom. The number of methoxy groups -OCH3 is 1. The predicted octanol–water partition coefficient (Wildman–Crippen LogP) is 4.29. The molecule has 0 aromatic heterocycles. The van der Waals surface area contributed by atoms with Gasteiger partial charge in [0.05, 0.1) is 11.6 Å². The Bertz CT molecular complexity index is 973. The fraction of sp³-hybridized carbons (Fsp3) is 0.391. The first-order valence-corrected chi connectivity index (χ1v) is 10.9. The van der Waals surface area contributed by atoms with Crippen molar-refractivity contribution in [2.45, 2.75) is 26.2 Å². The first-order chi connectivity index (χ1) is 14.4. The zero-order valence-corrected chi connectivity index (χ0v) is 18.9. The number of benzene rings is 2. The number of nitrogens with zero attached hydrogens (tertiary/aromatic N) is 2. The number of aliphatic hydroxyl groups excluding tert-OH is 1. The Labute approximate surface area is 184 Å². The lowest BCUT2D eigenvalue weighted by atomic mass is 9.92. The molecule has 2 aliphatic heterocycles. The molecule has 2 atom stereocenters. The van der Waals surface area contributed by atoms with Gasteiger partial charge < -0.3 is 19.5 Å². The van der Waals surface area contributed by atoms with Crippen LogP contribution in [-0.2, 0) is 0 Å². The van der Waals surface area contributed by atoms with Gasteiger partial charge in [0.15, 0.2) is 0 Å². The van der Waals surface area contributed by atoms with E-state index >= 15 is 0 Å². The molecule has 7 heteroatoms. The molecule has 0 radical (unpaired) electrons. The zero-order chi connectivity index (χ0) is 21.4. The number of fused-ring (bicyclic) bond motifs is 1. The second-order valence-corrected chi connectivity index (χ2v) is 8.56. The van der Waals surface area contributed by atoms with Crippen LogP contribution in [0.1, 0.15) is 19.4 Å². The average Bonchev–Trinajstić information content (AvgIpc) is 2.75. The highest BCUT2D eigenvalue weighted by Gasteiger charge is 2.33. The van der Waals surface area contributed by atoms with Gasteiger partial charge in [0.2, 0.25) is 6.29 Å². The number of rotatable bonds is 4. The monoisotopic (exact) mass is 476 g/mol. The fourth-order valence-electron chi connectivity index (χ4n) is 4.35. The van der Waals surface area contributed by atoms with E-state index in [9.17, 15) is 9.50 Å². The third kappa shape index (κ3) is 3.94. The van der Waals surface area contributed by atoms with Crippen molar-refractivity contribution < 1.29 is 19.0 Å². The highest BCUT2D eigenvalue weighted by Crippen LogP contribution is 2.38. The lowest BCUT2D eigenvalue weighted by Gasteiger charge is -2.41. The van der Waals surface area contributed by atoms with Crippen molar-refractivity contribution in [2.75, 3.05) is 38.2 Å². The Morgan fingerprint density at radius 3 is 2.60 bits per heavy atom. The van der Waals surface area contributed by atoms with Gasteiger partial charge in [-0.2, -0.15) is 0 Å². The topological polar surface area (TPSA) is 45.2 Å². The molecule has 0 saturated carbocycles. The first kappa shape index (κ1) is 21.2. The number of piperazine rings is 1. The summed E-state index contributed by atoms with van der Waals surface area (Å²) in [4.78, 5) is 4.67. The third-order valence-corrected chi connectivity index (χ3v) is 6.75. The van der Waals surface area contributed by atoms with Crippen LogP contribution >= 0.6 is 15.9 Å². The van der Waals surface area contributed by atoms with Crippen LogP contribution in [0.2, 0.25) is 0 Å². The number of hydrogen-bond donors (Lipinski definition) is 1. The van der Waals surface area contributed by atoms with Crippen molar-refractivity contribution in [3.8, 4) is 11.5 Å². The van der Waals surface area contributed by atoms with Gasteiger partial charge in [-0.05, 0) is 65.7 Å². The van der Waals surface area contributed by atoms with Gasteiger partial charge >= 0.3 is 0 Å². The zero-order valence-electron chi connectivity index (χ0n) is 17.4. The average molecular weight is 477 g/mol. The van der Waals surface area contributed by atoms with Gasteiger partial charge in [0, 0.05) is 55.1 Å². The summed E-state index contributed by atoms with van der Waals surface area (Å²) >= 11 is 3.50. The molecule has 1 fully saturated rings. The maximum absolute atomic E-state index is 13.8. The Kier molecular flexibility index (Phi) is 6.04. The Hall–Kier alpha value is -2.09. The molecule has 1 saturated heterocycles. The van der Waals surface area contributed by atoms with E-state index in [1.165, 1.54) is 12.1 Å². The molecule has 5 nitrogen and oxygen atoms in total. The maximum Gasteiger partial charge on any atom is 0.222 e. The van der Waals surface area contributed by atoms with Crippen LogP contribution in [0.15, 0.2) is 46.4 Å². The summed E-state index contributed by atoms with van der Waals surface area (Å²) in [5.41, 5.74) is 3.52. The van der Waals surface area contributed by atoms with Gasteiger partial charge in [-0.15, -0.1) is 0 Å². The van der Waals surface area contributed by atoms with Gasteiger partial charge in [0.1, 0.15) is 17.3 Å². The molecule has 0 aliphatic carbocycles. The van der Waals surface area contributed by atoms with Crippen molar-refractivity contribution in [2.24, 2.45) is 0 Å². The second-order valence-electron chi connectivity index (χ2n) is 7.71. The molecular weight excluding hydrogens is 451 g/mol. The molecule has 2 aromatic rings. The molecule has 0 unspecified atom stereocenters. The van der Waals surface area contributed by atoms with E-state index in [1.807, 2.05) is 19.1 Å². The van der Waals surface area contributed by atoms with Crippen LogP contribution in [0.5, 0.6) is 11.5 Å². The lowest BCUT2D eigenvalue weighted by Crippen LogP contribution is -2.51. The summed E-state index contributed by atoms with van der Waals surface area (Å²) in [6.45, 7) is 7.43. The van der Waals surface area contributed by atoms with E-state index < -0.39 is 6.29 Å². The van der Waals surface area contributed by atoms with Crippen molar-refractivity contribution in [1.82, 2.24) is 4.90 Å². The van der Waals surface area contributed by atoms with Crippen LogP contribution in [0.3, 0.4) is 0 Å². The van der Waals surface area contributed by atoms with E-state index in [-0.39, 0.29) is 11.9 Å². The Morgan fingerprint density at radius 2 is 1.90 bits per heavy atom. The maximum atomic E-state index is 13.8. The van der Waals surface area contributed by atoms with Gasteiger partial charge in [-0.3, -0.25) is 4.90 Å². The SMILES string of the molecule is COc1cc(N2CCN([C@@H](C)C3=C(C)c4cc(F)ccc4O[C@@H]3O)CC2)ccc1Br. The van der Waals surface area contributed by atoms with Gasteiger partial charge in [-0.1, -0.05) is 0 Å². The minimum atomic E-state index is -1.02. The minimum Gasteiger partial charge on any atom is -0.495 e. The normalized spacial score (nSPS) is 20.6. The highest BCUT2D eigenvalue weighted by molar-refractivity contribution is 9.10. The largest absolute Gasteiger partial charge is 0.495 e. The van der Waals surface area contributed by atoms with Crippen molar-refractivity contribution >= 4 is 27.2 Å².